The number of amides is 1. The molecule has 0 saturated carbocycles. The van der Waals surface area contributed by atoms with Crippen molar-refractivity contribution < 1.29 is 9.53 Å². The van der Waals surface area contributed by atoms with Crippen molar-refractivity contribution in [3.63, 3.8) is 0 Å². The first-order valence-electron chi connectivity index (χ1n) is 5.79. The molecule has 2 rings (SSSR count). The van der Waals surface area contributed by atoms with Gasteiger partial charge in [-0.15, -0.1) is 0 Å². The van der Waals surface area contributed by atoms with E-state index >= 15 is 0 Å². The van der Waals surface area contributed by atoms with Gasteiger partial charge in [0.1, 0.15) is 12.4 Å². The fourth-order valence-corrected chi connectivity index (χ4v) is 1.94. The lowest BCUT2D eigenvalue weighted by Gasteiger charge is -2.12. The molecule has 1 aliphatic rings. The van der Waals surface area contributed by atoms with E-state index in [0.717, 1.165) is 13.0 Å². The van der Waals surface area contributed by atoms with E-state index in [0.29, 0.717) is 29.7 Å². The van der Waals surface area contributed by atoms with Crippen molar-refractivity contribution in [2.75, 3.05) is 13.2 Å². The zero-order chi connectivity index (χ0) is 12.3. The first-order chi connectivity index (χ1) is 8.16. The van der Waals surface area contributed by atoms with Gasteiger partial charge in [0.15, 0.2) is 0 Å². The van der Waals surface area contributed by atoms with Gasteiger partial charge < -0.3 is 15.8 Å². The number of nitrogens with zero attached hydrogens (tertiary/aromatic N) is 1. The number of ether oxygens (including phenoxy) is 1. The highest BCUT2D eigenvalue weighted by molar-refractivity contribution is 5.94. The number of rotatable bonds is 4. The summed E-state index contributed by atoms with van der Waals surface area (Å²) in [5.41, 5.74) is 6.30. The van der Waals surface area contributed by atoms with Crippen LogP contribution >= 0.6 is 0 Å². The fraction of sp³-hybridized carbons (Fsp3) is 0.500. The van der Waals surface area contributed by atoms with Gasteiger partial charge in [-0.25, -0.2) is 0 Å². The van der Waals surface area contributed by atoms with Gasteiger partial charge in [0.2, 0.25) is 0 Å². The molecule has 92 valence electrons. The summed E-state index contributed by atoms with van der Waals surface area (Å²) in [6.07, 6.45) is 3.94. The Morgan fingerprint density at radius 2 is 2.53 bits per heavy atom. The van der Waals surface area contributed by atoms with Crippen molar-refractivity contribution in [1.82, 2.24) is 10.3 Å². The second kappa shape index (κ2) is 5.14. The van der Waals surface area contributed by atoms with Gasteiger partial charge in [-0.2, -0.15) is 0 Å². The summed E-state index contributed by atoms with van der Waals surface area (Å²) in [5, 5.41) is 3.34. The number of carbonyl (C=O) groups is 1. The van der Waals surface area contributed by atoms with Crippen LogP contribution in [0.3, 0.4) is 0 Å². The van der Waals surface area contributed by atoms with Crippen molar-refractivity contribution in [2.24, 2.45) is 5.73 Å². The Morgan fingerprint density at radius 1 is 1.71 bits per heavy atom. The van der Waals surface area contributed by atoms with E-state index in [-0.39, 0.29) is 0 Å². The van der Waals surface area contributed by atoms with E-state index in [9.17, 15) is 4.79 Å². The van der Waals surface area contributed by atoms with E-state index < -0.39 is 5.91 Å². The molecule has 3 N–H and O–H groups in total. The number of primary amides is 1. The largest absolute Gasteiger partial charge is 0.490 e. The van der Waals surface area contributed by atoms with Crippen LogP contribution in [0.5, 0.6) is 5.75 Å². The summed E-state index contributed by atoms with van der Waals surface area (Å²) >= 11 is 0. The average molecular weight is 235 g/mol. The van der Waals surface area contributed by atoms with E-state index in [1.807, 2.05) is 0 Å². The highest BCUT2D eigenvalue weighted by atomic mass is 16.5. The zero-order valence-corrected chi connectivity index (χ0v) is 9.90. The number of aromatic nitrogens is 1. The standard InChI is InChI=1S/C12H17N3O2/c1-8-11(12(13)16)5-10(6-15-8)17-7-9-3-2-4-14-9/h5-6,9,14H,2-4,7H2,1H3,(H2,13,16). The number of carbonyl (C=O) groups excluding carboxylic acids is 1. The number of hydrogen-bond donors (Lipinski definition) is 2. The van der Waals surface area contributed by atoms with E-state index in [2.05, 4.69) is 10.3 Å². The molecule has 1 aromatic rings. The van der Waals surface area contributed by atoms with Crippen LogP contribution in [0.1, 0.15) is 28.9 Å². The van der Waals surface area contributed by atoms with Gasteiger partial charge in [-0.3, -0.25) is 9.78 Å². The molecule has 5 nitrogen and oxygen atoms in total. The first kappa shape index (κ1) is 11.9. The van der Waals surface area contributed by atoms with Crippen LogP contribution in [0, 0.1) is 6.92 Å². The minimum Gasteiger partial charge on any atom is -0.490 e. The van der Waals surface area contributed by atoms with Crippen molar-refractivity contribution in [3.8, 4) is 5.75 Å². The molecular weight excluding hydrogens is 218 g/mol. The third-order valence-corrected chi connectivity index (χ3v) is 2.94. The third kappa shape index (κ3) is 2.94. The summed E-state index contributed by atoms with van der Waals surface area (Å²) in [7, 11) is 0. The number of nitrogens with two attached hydrogens (primary N) is 1. The molecule has 0 bridgehead atoms. The molecule has 5 heteroatoms. The molecule has 1 aromatic heterocycles. The van der Waals surface area contributed by atoms with Crippen molar-refractivity contribution in [1.29, 1.82) is 0 Å². The smallest absolute Gasteiger partial charge is 0.250 e. The molecular formula is C12H17N3O2. The van der Waals surface area contributed by atoms with Crippen LogP contribution in [-0.2, 0) is 0 Å². The third-order valence-electron chi connectivity index (χ3n) is 2.94. The molecule has 1 fully saturated rings. The monoisotopic (exact) mass is 235 g/mol. The van der Waals surface area contributed by atoms with Gasteiger partial charge in [0.25, 0.3) is 5.91 Å². The van der Waals surface area contributed by atoms with Crippen LogP contribution < -0.4 is 15.8 Å². The first-order valence-corrected chi connectivity index (χ1v) is 5.79. The summed E-state index contributed by atoms with van der Waals surface area (Å²) in [5.74, 6) is 0.123. The summed E-state index contributed by atoms with van der Waals surface area (Å²) in [4.78, 5) is 15.2. The molecule has 1 aliphatic heterocycles. The lowest BCUT2D eigenvalue weighted by molar-refractivity contribution is 0.0998. The molecule has 0 spiro atoms. The Bertz CT molecular complexity index is 414. The molecule has 0 aliphatic carbocycles. The molecule has 1 amide bonds. The second-order valence-electron chi connectivity index (χ2n) is 4.27. The highest BCUT2D eigenvalue weighted by Crippen LogP contribution is 2.15. The number of aryl methyl sites for hydroxylation is 1. The second-order valence-corrected chi connectivity index (χ2v) is 4.27. The lowest BCUT2D eigenvalue weighted by Crippen LogP contribution is -2.28. The molecule has 0 aromatic carbocycles. The van der Waals surface area contributed by atoms with E-state index in [4.69, 9.17) is 10.5 Å². The van der Waals surface area contributed by atoms with Gasteiger partial charge in [0.05, 0.1) is 17.5 Å². The van der Waals surface area contributed by atoms with Gasteiger partial charge in [-0.1, -0.05) is 0 Å². The minimum atomic E-state index is -0.473. The van der Waals surface area contributed by atoms with Crippen molar-refractivity contribution in [2.45, 2.75) is 25.8 Å². The number of nitrogens with one attached hydrogen (secondary N) is 1. The Morgan fingerprint density at radius 3 is 3.18 bits per heavy atom. The molecule has 1 saturated heterocycles. The maximum Gasteiger partial charge on any atom is 0.250 e. The minimum absolute atomic E-state index is 0.397. The molecule has 1 atom stereocenters. The fourth-order valence-electron chi connectivity index (χ4n) is 1.94. The molecule has 17 heavy (non-hydrogen) atoms. The quantitative estimate of drug-likeness (QED) is 0.802. The summed E-state index contributed by atoms with van der Waals surface area (Å²) in [6, 6.07) is 2.05. The Hall–Kier alpha value is -1.62. The van der Waals surface area contributed by atoms with Gasteiger partial charge in [0, 0.05) is 6.04 Å². The molecule has 0 radical (unpaired) electrons. The van der Waals surface area contributed by atoms with Crippen molar-refractivity contribution >= 4 is 5.91 Å². The number of pyridine rings is 1. The van der Waals surface area contributed by atoms with E-state index in [1.54, 1.807) is 19.2 Å². The van der Waals surface area contributed by atoms with Crippen molar-refractivity contribution in [3.05, 3.63) is 23.5 Å². The van der Waals surface area contributed by atoms with Crippen LogP contribution in [-0.4, -0.2) is 30.1 Å². The highest BCUT2D eigenvalue weighted by Gasteiger charge is 2.15. The maximum absolute atomic E-state index is 11.1. The summed E-state index contributed by atoms with van der Waals surface area (Å²) < 4.78 is 5.60. The van der Waals surface area contributed by atoms with E-state index in [1.165, 1.54) is 6.42 Å². The van der Waals surface area contributed by atoms with Crippen LogP contribution in [0.2, 0.25) is 0 Å². The Balaban J connectivity index is 2.00. The molecule has 2 heterocycles. The SMILES string of the molecule is Cc1ncc(OCC2CCCN2)cc1C(N)=O. The number of hydrogen-bond acceptors (Lipinski definition) is 4. The van der Waals surface area contributed by atoms with Gasteiger partial charge >= 0.3 is 0 Å². The normalized spacial score (nSPS) is 19.2. The lowest BCUT2D eigenvalue weighted by atomic mass is 10.2. The zero-order valence-electron chi connectivity index (χ0n) is 9.90. The Labute approximate surface area is 100 Å². The maximum atomic E-state index is 11.1. The predicted molar refractivity (Wildman–Crippen MR) is 64.0 cm³/mol. The molecule has 1 unspecified atom stereocenters. The van der Waals surface area contributed by atoms with Crippen LogP contribution in [0.15, 0.2) is 12.3 Å². The Kier molecular flexibility index (Phi) is 3.58. The summed E-state index contributed by atoms with van der Waals surface area (Å²) in [6.45, 7) is 3.40. The predicted octanol–water partition coefficient (Wildman–Crippen LogP) is 0.620. The average Bonchev–Trinajstić information content (AvgIpc) is 2.80. The van der Waals surface area contributed by atoms with Crippen LogP contribution in [0.25, 0.3) is 0 Å². The topological polar surface area (TPSA) is 77.2 Å². The van der Waals surface area contributed by atoms with Gasteiger partial charge in [-0.05, 0) is 32.4 Å². The van der Waals surface area contributed by atoms with Crippen LogP contribution in [0.4, 0.5) is 0 Å².